The number of carbonyl (C=O) groups excluding carboxylic acids is 2. The van der Waals surface area contributed by atoms with E-state index in [1.807, 2.05) is 133 Å². The first-order valence-electron chi connectivity index (χ1n) is 16.7. The van der Waals surface area contributed by atoms with E-state index in [-0.39, 0.29) is 11.8 Å². The quantitative estimate of drug-likeness (QED) is 0.104. The first-order chi connectivity index (χ1) is 25.0. The van der Waals surface area contributed by atoms with Crippen molar-refractivity contribution in [1.29, 1.82) is 0 Å². The van der Waals surface area contributed by atoms with Crippen molar-refractivity contribution in [2.24, 2.45) is 0 Å². The van der Waals surface area contributed by atoms with Crippen LogP contribution in [0, 0.1) is 5.82 Å². The highest BCUT2D eigenvalue weighted by Gasteiger charge is 2.41. The Balaban J connectivity index is 1.26. The summed E-state index contributed by atoms with van der Waals surface area (Å²) in [6.07, 6.45) is 3.11. The van der Waals surface area contributed by atoms with Gasteiger partial charge in [-0.3, -0.25) is 9.69 Å². The molecule has 7 rings (SSSR count). The summed E-state index contributed by atoms with van der Waals surface area (Å²) in [6, 6.07) is 47.1. The number of nitrogens with one attached hydrogen (secondary N) is 1. The van der Waals surface area contributed by atoms with Crippen LogP contribution in [-0.4, -0.2) is 17.9 Å². The second kappa shape index (κ2) is 15.4. The van der Waals surface area contributed by atoms with Crippen LogP contribution in [0.1, 0.15) is 33.1 Å². The lowest BCUT2D eigenvalue weighted by molar-refractivity contribution is 0.104. The summed E-state index contributed by atoms with van der Waals surface area (Å²) in [5, 5.41) is 3.08. The van der Waals surface area contributed by atoms with E-state index >= 15 is 0 Å². The van der Waals surface area contributed by atoms with Crippen molar-refractivity contribution in [1.82, 2.24) is 5.32 Å². The van der Waals surface area contributed by atoms with E-state index in [2.05, 4.69) is 5.32 Å². The zero-order valence-corrected chi connectivity index (χ0v) is 27.7. The minimum Gasteiger partial charge on any atom is -0.489 e. The van der Waals surface area contributed by atoms with E-state index in [9.17, 15) is 14.0 Å². The number of halogens is 1. The molecule has 1 heterocycles. The zero-order valence-electron chi connectivity index (χ0n) is 27.7. The number of benzene rings is 6. The normalized spacial score (nSPS) is 15.5. The van der Waals surface area contributed by atoms with Gasteiger partial charge in [0.15, 0.2) is 5.78 Å². The molecule has 6 aromatic carbocycles. The van der Waals surface area contributed by atoms with Gasteiger partial charge in [0.25, 0.3) is 0 Å². The van der Waals surface area contributed by atoms with Gasteiger partial charge >= 0.3 is 6.03 Å². The van der Waals surface area contributed by atoms with E-state index < -0.39 is 17.9 Å². The minimum atomic E-state index is -0.620. The maximum atomic E-state index is 13.9. The SMILES string of the molecule is O=C(/C=C/C1NC(=O)N(c2ccc(-c3ccccc3)cc2)C1c1ccc(OCc2ccccc2)cc1OCc1ccccc1)c1ccc(F)cc1. The second-order valence-electron chi connectivity index (χ2n) is 12.2. The number of hydrogen-bond acceptors (Lipinski definition) is 4. The maximum Gasteiger partial charge on any atom is 0.323 e. The standard InChI is InChI=1S/C44H35FN2O4/c45-36-20-16-35(17-21-36)41(48)27-26-40-43(47(44(49)46-40)37-22-18-34(19-23-37)33-14-8-3-9-15-33)39-25-24-38(50-29-31-10-4-1-5-11-31)28-42(39)51-30-32-12-6-2-7-13-32/h1-28,40,43H,29-30H2,(H,46,49)/b27-26+. The fourth-order valence-electron chi connectivity index (χ4n) is 6.14. The van der Waals surface area contributed by atoms with Crippen LogP contribution in [-0.2, 0) is 13.2 Å². The van der Waals surface area contributed by atoms with Gasteiger partial charge in [-0.25, -0.2) is 9.18 Å². The molecule has 6 nitrogen and oxygen atoms in total. The molecule has 2 atom stereocenters. The number of anilines is 1. The van der Waals surface area contributed by atoms with Gasteiger partial charge in [0.2, 0.25) is 0 Å². The van der Waals surface area contributed by atoms with Crippen molar-refractivity contribution < 1.29 is 23.5 Å². The van der Waals surface area contributed by atoms with Gasteiger partial charge in [0.1, 0.15) is 30.5 Å². The third-order valence-electron chi connectivity index (χ3n) is 8.75. The Bertz CT molecular complexity index is 2120. The Morgan fingerprint density at radius 3 is 1.92 bits per heavy atom. The molecule has 0 bridgehead atoms. The molecule has 7 heteroatoms. The van der Waals surface area contributed by atoms with E-state index in [1.54, 1.807) is 11.0 Å². The number of ketones is 1. The Hall–Kier alpha value is -6.47. The fourth-order valence-corrected chi connectivity index (χ4v) is 6.14. The molecule has 0 radical (unpaired) electrons. The predicted molar refractivity (Wildman–Crippen MR) is 197 cm³/mol. The topological polar surface area (TPSA) is 67.9 Å². The molecular weight excluding hydrogens is 639 g/mol. The Morgan fingerprint density at radius 2 is 1.27 bits per heavy atom. The fraction of sp³-hybridized carbons (Fsp3) is 0.0909. The molecule has 2 unspecified atom stereocenters. The highest BCUT2D eigenvalue weighted by Crippen LogP contribution is 2.41. The van der Waals surface area contributed by atoms with Crippen LogP contribution in [0.4, 0.5) is 14.9 Å². The molecule has 0 aromatic heterocycles. The van der Waals surface area contributed by atoms with Gasteiger partial charge in [-0.1, -0.05) is 109 Å². The first kappa shape index (κ1) is 33.0. The lowest BCUT2D eigenvalue weighted by Gasteiger charge is -2.28. The number of amides is 2. The van der Waals surface area contributed by atoms with Crippen molar-refractivity contribution in [3.05, 3.63) is 198 Å². The van der Waals surface area contributed by atoms with E-state index in [0.29, 0.717) is 36.0 Å². The van der Waals surface area contributed by atoms with Crippen LogP contribution >= 0.6 is 0 Å². The molecule has 1 aliphatic heterocycles. The number of nitrogens with zero attached hydrogens (tertiary/aromatic N) is 1. The van der Waals surface area contributed by atoms with E-state index in [1.165, 1.54) is 30.3 Å². The van der Waals surface area contributed by atoms with Gasteiger partial charge in [-0.15, -0.1) is 0 Å². The third-order valence-corrected chi connectivity index (χ3v) is 8.75. The summed E-state index contributed by atoms with van der Waals surface area (Å²) >= 11 is 0. The molecule has 51 heavy (non-hydrogen) atoms. The predicted octanol–water partition coefficient (Wildman–Crippen LogP) is 9.73. The van der Waals surface area contributed by atoms with Crippen LogP contribution in [0.15, 0.2) is 170 Å². The highest BCUT2D eigenvalue weighted by atomic mass is 19.1. The molecule has 1 saturated heterocycles. The molecule has 0 spiro atoms. The molecular formula is C44H35FN2O4. The Kier molecular flexibility index (Phi) is 9.97. The van der Waals surface area contributed by atoms with E-state index in [0.717, 1.165) is 27.8 Å². The van der Waals surface area contributed by atoms with E-state index in [4.69, 9.17) is 9.47 Å². The Morgan fingerprint density at radius 1 is 0.686 bits per heavy atom. The van der Waals surface area contributed by atoms with Crippen LogP contribution in [0.25, 0.3) is 11.1 Å². The molecule has 2 amide bonds. The average Bonchev–Trinajstić information content (AvgIpc) is 3.52. The van der Waals surface area contributed by atoms with Crippen LogP contribution < -0.4 is 19.7 Å². The number of allylic oxidation sites excluding steroid dienone is 1. The molecule has 252 valence electrons. The molecule has 1 N–H and O–H groups in total. The summed E-state index contributed by atoms with van der Waals surface area (Å²) in [6.45, 7) is 0.665. The molecule has 1 fully saturated rings. The van der Waals surface area contributed by atoms with Crippen molar-refractivity contribution >= 4 is 17.5 Å². The lowest BCUT2D eigenvalue weighted by atomic mass is 9.96. The van der Waals surface area contributed by atoms with Crippen molar-refractivity contribution in [2.75, 3.05) is 4.90 Å². The summed E-state index contributed by atoms with van der Waals surface area (Å²) in [5.74, 6) is 0.422. The van der Waals surface area contributed by atoms with Gasteiger partial charge < -0.3 is 14.8 Å². The number of hydrogen-bond donors (Lipinski definition) is 1. The molecule has 0 aliphatic carbocycles. The number of urea groups is 1. The van der Waals surface area contributed by atoms with Gasteiger partial charge in [0.05, 0.1) is 12.1 Å². The number of ether oxygens (including phenoxy) is 2. The first-order valence-corrected chi connectivity index (χ1v) is 16.7. The average molecular weight is 675 g/mol. The van der Waals surface area contributed by atoms with Crippen molar-refractivity contribution in [3.8, 4) is 22.6 Å². The van der Waals surface area contributed by atoms with Gasteiger partial charge in [-0.05, 0) is 76.9 Å². The molecule has 6 aromatic rings. The van der Waals surface area contributed by atoms with Crippen LogP contribution in [0.5, 0.6) is 11.5 Å². The molecule has 1 aliphatic rings. The number of rotatable bonds is 12. The Labute approximate surface area is 296 Å². The summed E-state index contributed by atoms with van der Waals surface area (Å²) < 4.78 is 26.3. The lowest BCUT2D eigenvalue weighted by Crippen LogP contribution is -2.29. The summed E-state index contributed by atoms with van der Waals surface area (Å²) in [7, 11) is 0. The second-order valence-corrected chi connectivity index (χ2v) is 12.2. The zero-order chi connectivity index (χ0) is 35.0. The molecule has 0 saturated carbocycles. The van der Waals surface area contributed by atoms with Gasteiger partial charge in [-0.2, -0.15) is 0 Å². The minimum absolute atomic E-state index is 0.291. The van der Waals surface area contributed by atoms with Crippen LogP contribution in [0.3, 0.4) is 0 Å². The highest BCUT2D eigenvalue weighted by molar-refractivity contribution is 6.05. The van der Waals surface area contributed by atoms with Crippen molar-refractivity contribution in [2.45, 2.75) is 25.3 Å². The van der Waals surface area contributed by atoms with Crippen LogP contribution in [0.2, 0.25) is 0 Å². The monoisotopic (exact) mass is 674 g/mol. The third kappa shape index (κ3) is 7.89. The van der Waals surface area contributed by atoms with Gasteiger partial charge in [0, 0.05) is 22.9 Å². The number of carbonyl (C=O) groups is 2. The largest absolute Gasteiger partial charge is 0.489 e. The summed E-state index contributed by atoms with van der Waals surface area (Å²) in [5.41, 5.74) is 5.84. The maximum absolute atomic E-state index is 13.9. The summed E-state index contributed by atoms with van der Waals surface area (Å²) in [4.78, 5) is 28.7. The smallest absolute Gasteiger partial charge is 0.323 e. The van der Waals surface area contributed by atoms with Crippen molar-refractivity contribution in [3.63, 3.8) is 0 Å².